The van der Waals surface area contributed by atoms with E-state index in [0.717, 1.165) is 12.8 Å². The van der Waals surface area contributed by atoms with E-state index in [1.165, 1.54) is 16.7 Å². The zero-order valence-electron chi connectivity index (χ0n) is 8.34. The molecule has 0 aliphatic heterocycles. The first-order valence-corrected chi connectivity index (χ1v) is 4.68. The second-order valence-corrected chi connectivity index (χ2v) is 3.24. The van der Waals surface area contributed by atoms with Crippen LogP contribution in [0.4, 0.5) is 0 Å². The summed E-state index contributed by atoms with van der Waals surface area (Å²) in [4.78, 5) is 4.54. The normalized spacial score (nSPS) is 10.4. The van der Waals surface area contributed by atoms with Gasteiger partial charge in [0, 0.05) is 0 Å². The van der Waals surface area contributed by atoms with Gasteiger partial charge in [-0.25, -0.2) is 5.90 Å². The highest BCUT2D eigenvalue weighted by molar-refractivity contribution is 5.31. The number of hydrogen-bond acceptors (Lipinski definition) is 2. The number of nitrogens with two attached hydrogens (primary N) is 1. The van der Waals surface area contributed by atoms with Crippen LogP contribution in [0.25, 0.3) is 0 Å². The summed E-state index contributed by atoms with van der Waals surface area (Å²) in [5.74, 6) is 4.97. The van der Waals surface area contributed by atoms with E-state index in [9.17, 15) is 0 Å². The van der Waals surface area contributed by atoms with Crippen molar-refractivity contribution < 1.29 is 4.84 Å². The molecule has 1 aromatic rings. The maximum atomic E-state index is 4.97. The van der Waals surface area contributed by atoms with Gasteiger partial charge in [-0.15, -0.1) is 0 Å². The summed E-state index contributed by atoms with van der Waals surface area (Å²) in [6.07, 6.45) is 1.99. The molecule has 0 aromatic heterocycles. The maximum absolute atomic E-state index is 4.97. The summed E-state index contributed by atoms with van der Waals surface area (Å²) in [5, 5.41) is 0. The Kier molecular flexibility index (Phi) is 3.93. The van der Waals surface area contributed by atoms with Gasteiger partial charge in [0.2, 0.25) is 0 Å². The lowest BCUT2D eigenvalue weighted by Gasteiger charge is -2.05. The fraction of sp³-hybridized carbons (Fsp3) is 0.455. The summed E-state index contributed by atoms with van der Waals surface area (Å²) < 4.78 is 0. The first-order valence-electron chi connectivity index (χ1n) is 4.68. The standard InChI is InChI=1S/C11H17NO/c1-3-11-5-4-10(6-7-13-12)8-9(11)2/h4-5,8H,3,6-7,12H2,1-2H3. The smallest absolute Gasteiger partial charge is 0.0719 e. The molecule has 0 saturated carbocycles. The SMILES string of the molecule is CCc1ccc(CCON)cc1C. The van der Waals surface area contributed by atoms with Gasteiger partial charge in [0.1, 0.15) is 0 Å². The van der Waals surface area contributed by atoms with E-state index in [4.69, 9.17) is 5.90 Å². The molecule has 2 heteroatoms. The van der Waals surface area contributed by atoms with Crippen LogP contribution in [-0.4, -0.2) is 6.61 Å². The maximum Gasteiger partial charge on any atom is 0.0719 e. The molecule has 0 bridgehead atoms. The van der Waals surface area contributed by atoms with Crippen molar-refractivity contribution >= 4 is 0 Å². The van der Waals surface area contributed by atoms with Gasteiger partial charge in [0.05, 0.1) is 6.61 Å². The Morgan fingerprint density at radius 3 is 2.69 bits per heavy atom. The predicted molar refractivity (Wildman–Crippen MR) is 54.4 cm³/mol. The van der Waals surface area contributed by atoms with E-state index >= 15 is 0 Å². The van der Waals surface area contributed by atoms with Crippen LogP contribution in [0.5, 0.6) is 0 Å². The van der Waals surface area contributed by atoms with E-state index in [2.05, 4.69) is 36.9 Å². The Morgan fingerprint density at radius 2 is 2.15 bits per heavy atom. The lowest BCUT2D eigenvalue weighted by Crippen LogP contribution is -2.04. The van der Waals surface area contributed by atoms with Gasteiger partial charge < -0.3 is 4.84 Å². The van der Waals surface area contributed by atoms with Crippen LogP contribution in [0.2, 0.25) is 0 Å². The summed E-state index contributed by atoms with van der Waals surface area (Å²) in [6, 6.07) is 6.53. The largest absolute Gasteiger partial charge is 0.304 e. The molecule has 0 spiro atoms. The van der Waals surface area contributed by atoms with Crippen molar-refractivity contribution in [3.63, 3.8) is 0 Å². The predicted octanol–water partition coefficient (Wildman–Crippen LogP) is 1.99. The third-order valence-corrected chi connectivity index (χ3v) is 2.30. The van der Waals surface area contributed by atoms with Crippen molar-refractivity contribution in [3.05, 3.63) is 34.9 Å². The zero-order valence-corrected chi connectivity index (χ0v) is 8.34. The molecule has 0 fully saturated rings. The van der Waals surface area contributed by atoms with Crippen molar-refractivity contribution in [1.29, 1.82) is 0 Å². The monoisotopic (exact) mass is 179 g/mol. The van der Waals surface area contributed by atoms with Gasteiger partial charge in [-0.2, -0.15) is 0 Å². The number of hydrogen-bond donors (Lipinski definition) is 1. The van der Waals surface area contributed by atoms with Gasteiger partial charge in [0.25, 0.3) is 0 Å². The minimum atomic E-state index is 0.588. The minimum Gasteiger partial charge on any atom is -0.304 e. The van der Waals surface area contributed by atoms with Crippen molar-refractivity contribution in [2.24, 2.45) is 5.90 Å². The first kappa shape index (κ1) is 10.2. The molecular weight excluding hydrogens is 162 g/mol. The molecule has 0 radical (unpaired) electrons. The molecule has 0 unspecified atom stereocenters. The second kappa shape index (κ2) is 5.00. The highest BCUT2D eigenvalue weighted by atomic mass is 16.6. The topological polar surface area (TPSA) is 35.2 Å². The molecule has 1 rings (SSSR count). The van der Waals surface area contributed by atoms with Crippen LogP contribution >= 0.6 is 0 Å². The van der Waals surface area contributed by atoms with Crippen LogP contribution in [0, 0.1) is 6.92 Å². The highest BCUT2D eigenvalue weighted by Crippen LogP contribution is 2.11. The van der Waals surface area contributed by atoms with Crippen LogP contribution in [0.1, 0.15) is 23.6 Å². The molecule has 1 aromatic carbocycles. The van der Waals surface area contributed by atoms with Crippen molar-refractivity contribution in [3.8, 4) is 0 Å². The fourth-order valence-corrected chi connectivity index (χ4v) is 1.49. The van der Waals surface area contributed by atoms with Gasteiger partial charge in [-0.05, 0) is 36.5 Å². The lowest BCUT2D eigenvalue weighted by atomic mass is 10.0. The van der Waals surface area contributed by atoms with Crippen molar-refractivity contribution in [1.82, 2.24) is 0 Å². The Bertz CT molecular complexity index is 271. The average molecular weight is 179 g/mol. The van der Waals surface area contributed by atoms with E-state index in [1.54, 1.807) is 0 Å². The summed E-state index contributed by atoms with van der Waals surface area (Å²) in [7, 11) is 0. The molecule has 0 aliphatic carbocycles. The molecule has 0 atom stereocenters. The van der Waals surface area contributed by atoms with Crippen LogP contribution < -0.4 is 5.90 Å². The molecule has 0 saturated heterocycles. The van der Waals surface area contributed by atoms with Crippen molar-refractivity contribution in [2.45, 2.75) is 26.7 Å². The van der Waals surface area contributed by atoms with Crippen LogP contribution in [0.15, 0.2) is 18.2 Å². The van der Waals surface area contributed by atoms with Crippen molar-refractivity contribution in [2.75, 3.05) is 6.61 Å². The quantitative estimate of drug-likeness (QED) is 0.717. The third-order valence-electron chi connectivity index (χ3n) is 2.30. The Labute approximate surface area is 79.7 Å². The molecule has 2 nitrogen and oxygen atoms in total. The number of benzene rings is 1. The van der Waals surface area contributed by atoms with Gasteiger partial charge in [-0.1, -0.05) is 25.1 Å². The van der Waals surface area contributed by atoms with Crippen LogP contribution in [-0.2, 0) is 17.7 Å². The lowest BCUT2D eigenvalue weighted by molar-refractivity contribution is 0.141. The summed E-state index contributed by atoms with van der Waals surface area (Å²) >= 11 is 0. The Hall–Kier alpha value is -0.860. The van der Waals surface area contributed by atoms with E-state index in [0.29, 0.717) is 6.61 Å². The average Bonchev–Trinajstić information content (AvgIpc) is 2.15. The molecule has 0 heterocycles. The van der Waals surface area contributed by atoms with Gasteiger partial charge >= 0.3 is 0 Å². The summed E-state index contributed by atoms with van der Waals surface area (Å²) in [5.41, 5.74) is 4.06. The third kappa shape index (κ3) is 2.83. The number of rotatable bonds is 4. The van der Waals surface area contributed by atoms with Crippen LogP contribution in [0.3, 0.4) is 0 Å². The van der Waals surface area contributed by atoms with Gasteiger partial charge in [-0.3, -0.25) is 0 Å². The molecule has 13 heavy (non-hydrogen) atoms. The van der Waals surface area contributed by atoms with Gasteiger partial charge in [0.15, 0.2) is 0 Å². The molecule has 0 aliphatic rings. The molecule has 72 valence electrons. The highest BCUT2D eigenvalue weighted by Gasteiger charge is 1.97. The first-order chi connectivity index (χ1) is 6.27. The Morgan fingerprint density at radius 1 is 1.38 bits per heavy atom. The summed E-state index contributed by atoms with van der Waals surface area (Å²) in [6.45, 7) is 4.90. The molecular formula is C11H17NO. The fourth-order valence-electron chi connectivity index (χ4n) is 1.49. The minimum absolute atomic E-state index is 0.588. The van der Waals surface area contributed by atoms with E-state index in [1.807, 2.05) is 0 Å². The van der Waals surface area contributed by atoms with E-state index < -0.39 is 0 Å². The molecule has 0 amide bonds. The Balaban J connectivity index is 2.71. The number of aryl methyl sites for hydroxylation is 2. The van der Waals surface area contributed by atoms with E-state index in [-0.39, 0.29) is 0 Å². The second-order valence-electron chi connectivity index (χ2n) is 3.24. The zero-order chi connectivity index (χ0) is 9.68. The molecule has 2 N–H and O–H groups in total.